The molecule has 0 unspecified atom stereocenters. The number of carbonyl (C=O) groups is 1. The van der Waals surface area contributed by atoms with Crippen LogP contribution in [0.4, 0.5) is 4.39 Å². The minimum atomic E-state index is -0.602. The Balaban J connectivity index is 1.21. The molecular formula is C29H29FN4O4S. The van der Waals surface area contributed by atoms with Gasteiger partial charge in [-0.1, -0.05) is 30.3 Å². The van der Waals surface area contributed by atoms with E-state index < -0.39 is 11.4 Å². The number of hydrogen-bond acceptors (Lipinski definition) is 6. The normalized spacial score (nSPS) is 20.2. The number of thioether (sulfide) groups is 1. The van der Waals surface area contributed by atoms with Crippen LogP contribution in [0.1, 0.15) is 61.2 Å². The molecule has 6 rings (SSSR count). The molecule has 0 spiro atoms. The van der Waals surface area contributed by atoms with Gasteiger partial charge in [0, 0.05) is 23.7 Å². The van der Waals surface area contributed by atoms with Crippen LogP contribution in [0.25, 0.3) is 22.4 Å². The van der Waals surface area contributed by atoms with E-state index in [1.54, 1.807) is 16.7 Å². The van der Waals surface area contributed by atoms with Crippen molar-refractivity contribution in [3.63, 3.8) is 0 Å². The smallest absolute Gasteiger partial charge is 0.333 e. The van der Waals surface area contributed by atoms with E-state index in [1.165, 1.54) is 10.6 Å². The lowest BCUT2D eigenvalue weighted by molar-refractivity contribution is 0.0894. The fraction of sp³-hybridized carbons (Fsp3) is 0.379. The Morgan fingerprint density at radius 1 is 0.949 bits per heavy atom. The summed E-state index contributed by atoms with van der Waals surface area (Å²) in [5.74, 6) is 1.82. The molecule has 2 fully saturated rings. The first-order chi connectivity index (χ1) is 19.0. The van der Waals surface area contributed by atoms with Crippen LogP contribution in [0.2, 0.25) is 0 Å². The van der Waals surface area contributed by atoms with Crippen molar-refractivity contribution >= 4 is 28.7 Å². The van der Waals surface area contributed by atoms with E-state index in [-0.39, 0.29) is 46.5 Å². The minimum absolute atomic E-state index is 0.0734. The van der Waals surface area contributed by atoms with E-state index in [0.717, 1.165) is 36.1 Å². The first-order valence-corrected chi connectivity index (χ1v) is 14.5. The molecule has 1 amide bonds. The van der Waals surface area contributed by atoms with Gasteiger partial charge in [0.15, 0.2) is 5.76 Å². The lowest BCUT2D eigenvalue weighted by atomic mass is 9.90. The second-order valence-electron chi connectivity index (χ2n) is 10.2. The highest BCUT2D eigenvalue weighted by atomic mass is 32.2. The molecule has 10 heteroatoms. The maximum absolute atomic E-state index is 14.1. The van der Waals surface area contributed by atoms with Crippen LogP contribution in [-0.2, 0) is 0 Å². The SMILES string of the molecule is O=C(N[C@H]1CC[C@@H](n2c(=O)c3cc(F)cnc3n(C3CCSCC3)c2=O)CC1)c1ccc(-c2ccccc2)o1. The van der Waals surface area contributed by atoms with E-state index >= 15 is 0 Å². The van der Waals surface area contributed by atoms with Gasteiger partial charge >= 0.3 is 5.69 Å². The quantitative estimate of drug-likeness (QED) is 0.379. The van der Waals surface area contributed by atoms with Crippen LogP contribution in [0.3, 0.4) is 0 Å². The van der Waals surface area contributed by atoms with Crippen LogP contribution < -0.4 is 16.6 Å². The largest absolute Gasteiger partial charge is 0.451 e. The zero-order valence-corrected chi connectivity index (χ0v) is 22.2. The summed E-state index contributed by atoms with van der Waals surface area (Å²) in [7, 11) is 0. The average Bonchev–Trinajstić information content (AvgIpc) is 3.46. The molecule has 1 saturated heterocycles. The molecule has 39 heavy (non-hydrogen) atoms. The number of halogens is 1. The first-order valence-electron chi connectivity index (χ1n) is 13.4. The Kier molecular flexibility index (Phi) is 7.12. The summed E-state index contributed by atoms with van der Waals surface area (Å²) in [6.07, 6.45) is 4.96. The molecule has 1 N–H and O–H groups in total. The fourth-order valence-electron chi connectivity index (χ4n) is 5.75. The van der Waals surface area contributed by atoms with Crippen LogP contribution in [-0.4, -0.2) is 37.6 Å². The number of furan rings is 1. The van der Waals surface area contributed by atoms with Crippen LogP contribution in [0.5, 0.6) is 0 Å². The van der Waals surface area contributed by atoms with Crippen LogP contribution >= 0.6 is 11.8 Å². The molecule has 1 aliphatic carbocycles. The van der Waals surface area contributed by atoms with Gasteiger partial charge in [-0.3, -0.25) is 18.7 Å². The molecule has 3 aromatic heterocycles. The Labute approximate surface area is 228 Å². The molecule has 2 aliphatic rings. The van der Waals surface area contributed by atoms with E-state index in [4.69, 9.17) is 4.42 Å². The summed E-state index contributed by atoms with van der Waals surface area (Å²) in [5.41, 5.74) is 0.277. The summed E-state index contributed by atoms with van der Waals surface area (Å²) in [6, 6.07) is 13.7. The van der Waals surface area contributed by atoms with Gasteiger partial charge in [-0.05, 0) is 68.2 Å². The summed E-state index contributed by atoms with van der Waals surface area (Å²) < 4.78 is 22.8. The fourth-order valence-corrected chi connectivity index (χ4v) is 6.83. The third kappa shape index (κ3) is 5.05. The average molecular weight is 549 g/mol. The monoisotopic (exact) mass is 548 g/mol. The second-order valence-corrected chi connectivity index (χ2v) is 11.4. The molecule has 4 aromatic rings. The Hall–Kier alpha value is -3.66. The third-order valence-electron chi connectivity index (χ3n) is 7.76. The number of rotatable bonds is 5. The van der Waals surface area contributed by atoms with Crippen molar-refractivity contribution in [3.05, 3.63) is 87.1 Å². The molecule has 8 nitrogen and oxygen atoms in total. The number of fused-ring (bicyclic) bond motifs is 1. The Morgan fingerprint density at radius 2 is 1.67 bits per heavy atom. The predicted octanol–water partition coefficient (Wildman–Crippen LogP) is 4.94. The number of benzene rings is 1. The predicted molar refractivity (Wildman–Crippen MR) is 149 cm³/mol. The van der Waals surface area contributed by atoms with Crippen molar-refractivity contribution in [2.75, 3.05) is 11.5 Å². The van der Waals surface area contributed by atoms with Crippen molar-refractivity contribution < 1.29 is 13.6 Å². The number of carbonyl (C=O) groups excluding carboxylic acids is 1. The molecule has 1 saturated carbocycles. The van der Waals surface area contributed by atoms with Crippen molar-refractivity contribution in [3.8, 4) is 11.3 Å². The molecule has 0 radical (unpaired) electrons. The maximum atomic E-state index is 14.1. The van der Waals surface area contributed by atoms with Gasteiger partial charge in [0.25, 0.3) is 11.5 Å². The summed E-state index contributed by atoms with van der Waals surface area (Å²) in [4.78, 5) is 44.2. The number of nitrogens with one attached hydrogen (secondary N) is 1. The van der Waals surface area contributed by atoms with Gasteiger partial charge in [0.2, 0.25) is 0 Å². The highest BCUT2D eigenvalue weighted by Crippen LogP contribution is 2.30. The zero-order valence-electron chi connectivity index (χ0n) is 21.3. The molecule has 0 atom stereocenters. The highest BCUT2D eigenvalue weighted by Gasteiger charge is 2.30. The number of pyridine rings is 1. The topological polar surface area (TPSA) is 99.1 Å². The Morgan fingerprint density at radius 3 is 2.41 bits per heavy atom. The van der Waals surface area contributed by atoms with Crippen molar-refractivity contribution in [2.24, 2.45) is 0 Å². The second kappa shape index (κ2) is 10.8. The number of hydrogen-bond donors (Lipinski definition) is 1. The Bertz CT molecular complexity index is 1620. The molecule has 0 bridgehead atoms. The maximum Gasteiger partial charge on any atom is 0.333 e. The summed E-state index contributed by atoms with van der Waals surface area (Å²) in [6.45, 7) is 0. The van der Waals surface area contributed by atoms with E-state index in [9.17, 15) is 18.8 Å². The van der Waals surface area contributed by atoms with Crippen LogP contribution in [0, 0.1) is 5.82 Å². The van der Waals surface area contributed by atoms with E-state index in [0.29, 0.717) is 31.4 Å². The van der Waals surface area contributed by atoms with Gasteiger partial charge in [-0.15, -0.1) is 0 Å². The van der Waals surface area contributed by atoms with Crippen molar-refractivity contribution in [1.29, 1.82) is 0 Å². The van der Waals surface area contributed by atoms with E-state index in [1.807, 2.05) is 42.1 Å². The lowest BCUT2D eigenvalue weighted by Gasteiger charge is -2.31. The van der Waals surface area contributed by atoms with Gasteiger partial charge in [-0.25, -0.2) is 14.2 Å². The number of aromatic nitrogens is 3. The number of nitrogens with zero attached hydrogens (tertiary/aromatic N) is 3. The van der Waals surface area contributed by atoms with Gasteiger partial charge in [0.1, 0.15) is 17.2 Å². The number of amides is 1. The van der Waals surface area contributed by atoms with Crippen LogP contribution in [0.15, 0.2) is 68.7 Å². The van der Waals surface area contributed by atoms with Gasteiger partial charge in [-0.2, -0.15) is 11.8 Å². The summed E-state index contributed by atoms with van der Waals surface area (Å²) >= 11 is 1.84. The standard InChI is InChI=1S/C29H29FN4O4S/c30-19-16-23-26(31-17-19)33(22-12-14-39-15-13-22)29(37)34(28(23)36)21-8-6-20(7-9-21)32-27(35)25-11-10-24(38-25)18-4-2-1-3-5-18/h1-5,10-11,16-17,20-22H,6-9,12-15H2,(H,32,35)/t20-,21+. The zero-order chi connectivity index (χ0) is 26.9. The van der Waals surface area contributed by atoms with E-state index in [2.05, 4.69) is 10.3 Å². The van der Waals surface area contributed by atoms with Crippen molar-refractivity contribution in [1.82, 2.24) is 19.4 Å². The first kappa shape index (κ1) is 25.6. The highest BCUT2D eigenvalue weighted by molar-refractivity contribution is 7.99. The lowest BCUT2D eigenvalue weighted by Crippen LogP contribution is -2.46. The minimum Gasteiger partial charge on any atom is -0.451 e. The molecule has 202 valence electrons. The molecular weight excluding hydrogens is 519 g/mol. The van der Waals surface area contributed by atoms with Gasteiger partial charge in [0.05, 0.1) is 11.6 Å². The third-order valence-corrected chi connectivity index (χ3v) is 8.81. The van der Waals surface area contributed by atoms with Crippen molar-refractivity contribution in [2.45, 2.75) is 56.7 Å². The summed E-state index contributed by atoms with van der Waals surface area (Å²) in [5, 5.41) is 3.17. The molecule has 1 aliphatic heterocycles. The molecule has 4 heterocycles. The molecule has 1 aromatic carbocycles. The van der Waals surface area contributed by atoms with Gasteiger partial charge < -0.3 is 9.73 Å².